The van der Waals surface area contributed by atoms with E-state index >= 15 is 0 Å². The second-order valence-electron chi connectivity index (χ2n) is 7.08. The van der Waals surface area contributed by atoms with Gasteiger partial charge in [-0.2, -0.15) is 5.10 Å². The van der Waals surface area contributed by atoms with E-state index in [1.165, 1.54) is 6.21 Å². The van der Waals surface area contributed by atoms with Crippen LogP contribution in [0.3, 0.4) is 0 Å². The summed E-state index contributed by atoms with van der Waals surface area (Å²) in [5.41, 5.74) is 5.38. The third-order valence-electron chi connectivity index (χ3n) is 4.52. The molecule has 32 heavy (non-hydrogen) atoms. The molecule has 7 heteroatoms. The number of carbonyl (C=O) groups is 2. The van der Waals surface area contributed by atoms with E-state index in [0.717, 1.165) is 11.3 Å². The SMILES string of the molecule is CN(C)c1ccc(/C=C(\NC(=O)c2ccccc2)C(=O)N/N=C/c2ccccc2Cl)cc1. The van der Waals surface area contributed by atoms with Gasteiger partial charge in [0.1, 0.15) is 5.70 Å². The number of benzene rings is 3. The lowest BCUT2D eigenvalue weighted by Gasteiger charge is -2.12. The molecule has 0 aliphatic rings. The quantitative estimate of drug-likeness (QED) is 0.322. The molecule has 0 fully saturated rings. The van der Waals surface area contributed by atoms with Crippen molar-refractivity contribution in [3.8, 4) is 0 Å². The predicted molar refractivity (Wildman–Crippen MR) is 130 cm³/mol. The van der Waals surface area contributed by atoms with Crippen molar-refractivity contribution in [3.63, 3.8) is 0 Å². The molecular formula is C25H23ClN4O2. The minimum atomic E-state index is -0.561. The van der Waals surface area contributed by atoms with E-state index < -0.39 is 11.8 Å². The van der Waals surface area contributed by atoms with Gasteiger partial charge in [-0.3, -0.25) is 9.59 Å². The topological polar surface area (TPSA) is 73.8 Å². The Labute approximate surface area is 192 Å². The fraction of sp³-hybridized carbons (Fsp3) is 0.0800. The molecule has 0 spiro atoms. The Balaban J connectivity index is 1.82. The number of hydrogen-bond acceptors (Lipinski definition) is 4. The number of nitrogens with zero attached hydrogens (tertiary/aromatic N) is 2. The average molecular weight is 447 g/mol. The van der Waals surface area contributed by atoms with Crippen LogP contribution >= 0.6 is 11.6 Å². The van der Waals surface area contributed by atoms with E-state index in [1.54, 1.807) is 48.5 Å². The molecule has 0 heterocycles. The highest BCUT2D eigenvalue weighted by atomic mass is 35.5. The smallest absolute Gasteiger partial charge is 0.287 e. The Morgan fingerprint density at radius 1 is 0.906 bits per heavy atom. The first-order valence-corrected chi connectivity index (χ1v) is 10.3. The summed E-state index contributed by atoms with van der Waals surface area (Å²) in [5, 5.41) is 7.17. The second-order valence-corrected chi connectivity index (χ2v) is 7.49. The van der Waals surface area contributed by atoms with E-state index in [-0.39, 0.29) is 5.70 Å². The van der Waals surface area contributed by atoms with Gasteiger partial charge in [-0.1, -0.05) is 60.1 Å². The summed E-state index contributed by atoms with van der Waals surface area (Å²) in [7, 11) is 3.89. The molecule has 0 aliphatic heterocycles. The third kappa shape index (κ3) is 6.30. The van der Waals surface area contributed by atoms with E-state index in [1.807, 2.05) is 55.4 Å². The van der Waals surface area contributed by atoms with Crippen LogP contribution in [-0.4, -0.2) is 32.1 Å². The Morgan fingerprint density at radius 3 is 2.22 bits per heavy atom. The molecule has 6 nitrogen and oxygen atoms in total. The molecule has 3 rings (SSSR count). The van der Waals surface area contributed by atoms with Crippen LogP contribution in [0.25, 0.3) is 6.08 Å². The average Bonchev–Trinajstić information content (AvgIpc) is 2.80. The van der Waals surface area contributed by atoms with Gasteiger partial charge in [-0.05, 0) is 42.0 Å². The molecule has 0 bridgehead atoms. The molecular weight excluding hydrogens is 424 g/mol. The summed E-state index contributed by atoms with van der Waals surface area (Å²) >= 11 is 6.11. The lowest BCUT2D eigenvalue weighted by atomic mass is 10.1. The molecule has 0 radical (unpaired) electrons. The first-order valence-electron chi connectivity index (χ1n) is 9.87. The van der Waals surface area contributed by atoms with Crippen molar-refractivity contribution in [1.82, 2.24) is 10.7 Å². The Morgan fingerprint density at radius 2 is 1.56 bits per heavy atom. The van der Waals surface area contributed by atoms with Crippen molar-refractivity contribution in [2.75, 3.05) is 19.0 Å². The van der Waals surface area contributed by atoms with E-state index in [0.29, 0.717) is 16.1 Å². The van der Waals surface area contributed by atoms with Crippen LogP contribution in [0, 0.1) is 0 Å². The highest BCUT2D eigenvalue weighted by Gasteiger charge is 2.14. The van der Waals surface area contributed by atoms with Crippen LogP contribution in [0.15, 0.2) is 89.7 Å². The number of halogens is 1. The summed E-state index contributed by atoms with van der Waals surface area (Å²) in [6.07, 6.45) is 3.05. The maximum absolute atomic E-state index is 12.8. The maximum atomic E-state index is 12.8. The Hall–Kier alpha value is -3.90. The standard InChI is InChI=1S/C25H23ClN4O2/c1-30(2)21-14-12-18(13-15-21)16-23(28-24(31)19-8-4-3-5-9-19)25(32)29-27-17-20-10-6-7-11-22(20)26/h3-17H,1-2H3,(H,28,31)(H,29,32)/b23-16-,27-17+. The van der Waals surface area contributed by atoms with Crippen LogP contribution in [0.4, 0.5) is 5.69 Å². The van der Waals surface area contributed by atoms with Gasteiger partial charge in [0.25, 0.3) is 11.8 Å². The third-order valence-corrected chi connectivity index (χ3v) is 4.87. The lowest BCUT2D eigenvalue weighted by Crippen LogP contribution is -2.32. The molecule has 2 N–H and O–H groups in total. The van der Waals surface area contributed by atoms with E-state index in [2.05, 4.69) is 15.8 Å². The van der Waals surface area contributed by atoms with Gasteiger partial charge in [-0.15, -0.1) is 0 Å². The van der Waals surface area contributed by atoms with Crippen molar-refractivity contribution < 1.29 is 9.59 Å². The second kappa shape index (κ2) is 10.9. The minimum absolute atomic E-state index is 0.0627. The largest absolute Gasteiger partial charge is 0.378 e. The number of hydrogen-bond donors (Lipinski definition) is 2. The summed E-state index contributed by atoms with van der Waals surface area (Å²) in [4.78, 5) is 27.4. The summed E-state index contributed by atoms with van der Waals surface area (Å²) in [5.74, 6) is -0.957. The molecule has 3 aromatic rings. The predicted octanol–water partition coefficient (Wildman–Crippen LogP) is 4.33. The Kier molecular flexibility index (Phi) is 7.78. The number of rotatable bonds is 7. The number of hydrazone groups is 1. The summed E-state index contributed by atoms with van der Waals surface area (Å²) in [6.45, 7) is 0. The maximum Gasteiger partial charge on any atom is 0.287 e. The fourth-order valence-electron chi connectivity index (χ4n) is 2.78. The van der Waals surface area contributed by atoms with Crippen molar-refractivity contribution in [2.45, 2.75) is 0 Å². The highest BCUT2D eigenvalue weighted by molar-refractivity contribution is 6.33. The lowest BCUT2D eigenvalue weighted by molar-refractivity contribution is -0.117. The van der Waals surface area contributed by atoms with Crippen LogP contribution in [-0.2, 0) is 4.79 Å². The summed E-state index contributed by atoms with van der Waals surface area (Å²) in [6, 6.07) is 23.4. The number of nitrogens with one attached hydrogen (secondary N) is 2. The number of anilines is 1. The summed E-state index contributed by atoms with van der Waals surface area (Å²) < 4.78 is 0. The molecule has 2 amide bonds. The zero-order chi connectivity index (χ0) is 22.9. The van der Waals surface area contributed by atoms with Gasteiger partial charge in [-0.25, -0.2) is 5.43 Å². The van der Waals surface area contributed by atoms with Crippen molar-refractivity contribution in [2.24, 2.45) is 5.10 Å². The molecule has 162 valence electrons. The van der Waals surface area contributed by atoms with E-state index in [9.17, 15) is 9.59 Å². The molecule has 0 saturated carbocycles. The van der Waals surface area contributed by atoms with Crippen LogP contribution in [0.2, 0.25) is 5.02 Å². The van der Waals surface area contributed by atoms with Gasteiger partial charge in [0, 0.05) is 35.9 Å². The van der Waals surface area contributed by atoms with Gasteiger partial charge >= 0.3 is 0 Å². The molecule has 0 aliphatic carbocycles. The highest BCUT2D eigenvalue weighted by Crippen LogP contribution is 2.15. The van der Waals surface area contributed by atoms with Crippen molar-refractivity contribution >= 4 is 41.4 Å². The number of amides is 2. The van der Waals surface area contributed by atoms with E-state index in [4.69, 9.17) is 11.6 Å². The molecule has 0 unspecified atom stereocenters. The zero-order valence-electron chi connectivity index (χ0n) is 17.7. The monoisotopic (exact) mass is 446 g/mol. The Bertz CT molecular complexity index is 1140. The van der Waals surface area contributed by atoms with Crippen LogP contribution in [0.1, 0.15) is 21.5 Å². The first-order chi connectivity index (χ1) is 15.4. The van der Waals surface area contributed by atoms with Crippen molar-refractivity contribution in [1.29, 1.82) is 0 Å². The van der Waals surface area contributed by atoms with Gasteiger partial charge < -0.3 is 10.2 Å². The molecule has 0 atom stereocenters. The van der Waals surface area contributed by atoms with Crippen LogP contribution in [0.5, 0.6) is 0 Å². The van der Waals surface area contributed by atoms with Crippen molar-refractivity contribution in [3.05, 3.63) is 106 Å². The number of carbonyl (C=O) groups excluding carboxylic acids is 2. The van der Waals surface area contributed by atoms with Gasteiger partial charge in [0.15, 0.2) is 0 Å². The van der Waals surface area contributed by atoms with Crippen LogP contribution < -0.4 is 15.6 Å². The normalized spacial score (nSPS) is 11.3. The molecule has 3 aromatic carbocycles. The molecule has 0 aromatic heterocycles. The van der Waals surface area contributed by atoms with Gasteiger partial charge in [0.05, 0.1) is 6.21 Å². The minimum Gasteiger partial charge on any atom is -0.378 e. The first kappa shape index (κ1) is 22.8. The molecule has 0 saturated heterocycles. The zero-order valence-corrected chi connectivity index (χ0v) is 18.5. The van der Waals surface area contributed by atoms with Gasteiger partial charge in [0.2, 0.25) is 0 Å². The fourth-order valence-corrected chi connectivity index (χ4v) is 2.96.